The third-order valence-electron chi connectivity index (χ3n) is 4.95. The van der Waals surface area contributed by atoms with Crippen LogP contribution in [0.4, 0.5) is 11.4 Å². The van der Waals surface area contributed by atoms with Crippen LogP contribution in [0.1, 0.15) is 0 Å². The van der Waals surface area contributed by atoms with Gasteiger partial charge in [-0.1, -0.05) is 36.4 Å². The summed E-state index contributed by atoms with van der Waals surface area (Å²) in [7, 11) is -2.14. The summed E-state index contributed by atoms with van der Waals surface area (Å²) in [6, 6.07) is 18.3. The average molecular weight is 398 g/mol. The monoisotopic (exact) mass is 397 g/mol. The molecule has 0 spiro atoms. The van der Waals surface area contributed by atoms with E-state index in [1.165, 1.54) is 0 Å². The van der Waals surface area contributed by atoms with Crippen molar-refractivity contribution in [2.45, 2.75) is 4.90 Å². The summed E-state index contributed by atoms with van der Waals surface area (Å²) in [4.78, 5) is 2.36. The van der Waals surface area contributed by atoms with Gasteiger partial charge in [-0.3, -0.25) is 4.72 Å². The van der Waals surface area contributed by atoms with Crippen molar-refractivity contribution in [2.75, 3.05) is 42.9 Å². The standard InChI is InChI=1S/C21H23N3O3S/c1-27-21-10-9-17(15-20(21)24-13-11-22-12-14-24)28(25,26)23-19-8-4-6-16-5-2-3-7-18(16)19/h2-10,15,22-23H,11-14H2,1H3. The number of ether oxygens (including phenoxy) is 1. The SMILES string of the molecule is COc1ccc(S(=O)(=O)Nc2cccc3ccccc23)cc1N1CCNCC1. The molecule has 0 radical (unpaired) electrons. The molecule has 0 unspecified atom stereocenters. The van der Waals surface area contributed by atoms with Crippen molar-refractivity contribution in [2.24, 2.45) is 0 Å². The molecule has 1 aliphatic rings. The predicted octanol–water partition coefficient (Wildman–Crippen LogP) is 3.06. The highest BCUT2D eigenvalue weighted by Crippen LogP contribution is 2.32. The highest BCUT2D eigenvalue weighted by atomic mass is 32.2. The molecule has 0 bridgehead atoms. The molecule has 0 aromatic heterocycles. The van der Waals surface area contributed by atoms with E-state index in [0.29, 0.717) is 11.4 Å². The number of benzene rings is 3. The molecule has 0 amide bonds. The van der Waals surface area contributed by atoms with E-state index >= 15 is 0 Å². The molecule has 2 N–H and O–H groups in total. The van der Waals surface area contributed by atoms with Gasteiger partial charge in [0, 0.05) is 31.6 Å². The first-order chi connectivity index (χ1) is 13.6. The van der Waals surface area contributed by atoms with Gasteiger partial charge in [0.05, 0.1) is 23.4 Å². The molecule has 146 valence electrons. The number of hydrogen-bond donors (Lipinski definition) is 2. The molecule has 0 saturated carbocycles. The van der Waals surface area contributed by atoms with E-state index in [9.17, 15) is 8.42 Å². The maximum atomic E-state index is 13.1. The topological polar surface area (TPSA) is 70.7 Å². The quantitative estimate of drug-likeness (QED) is 0.692. The second-order valence-electron chi connectivity index (χ2n) is 6.70. The number of hydrogen-bond acceptors (Lipinski definition) is 5. The molecular weight excluding hydrogens is 374 g/mol. The molecule has 1 saturated heterocycles. The van der Waals surface area contributed by atoms with Crippen molar-refractivity contribution >= 4 is 32.2 Å². The van der Waals surface area contributed by atoms with E-state index in [-0.39, 0.29) is 4.90 Å². The third-order valence-corrected chi connectivity index (χ3v) is 6.32. The molecule has 7 heteroatoms. The predicted molar refractivity (Wildman–Crippen MR) is 113 cm³/mol. The van der Waals surface area contributed by atoms with Crippen LogP contribution in [0.15, 0.2) is 65.6 Å². The van der Waals surface area contributed by atoms with Crippen LogP contribution in [0.25, 0.3) is 10.8 Å². The summed E-state index contributed by atoms with van der Waals surface area (Å²) in [5.41, 5.74) is 1.36. The van der Waals surface area contributed by atoms with Gasteiger partial charge in [-0.2, -0.15) is 0 Å². The lowest BCUT2D eigenvalue weighted by atomic mass is 10.1. The van der Waals surface area contributed by atoms with Gasteiger partial charge in [0.2, 0.25) is 0 Å². The number of rotatable bonds is 5. The van der Waals surface area contributed by atoms with Crippen molar-refractivity contribution in [1.29, 1.82) is 0 Å². The zero-order chi connectivity index (χ0) is 19.6. The van der Waals surface area contributed by atoms with Gasteiger partial charge in [0.15, 0.2) is 0 Å². The van der Waals surface area contributed by atoms with Gasteiger partial charge >= 0.3 is 0 Å². The molecule has 6 nitrogen and oxygen atoms in total. The number of fused-ring (bicyclic) bond motifs is 1. The average Bonchev–Trinajstić information content (AvgIpc) is 2.74. The van der Waals surface area contributed by atoms with Crippen molar-refractivity contribution in [3.8, 4) is 5.75 Å². The molecule has 3 aromatic carbocycles. The van der Waals surface area contributed by atoms with Gasteiger partial charge < -0.3 is 15.0 Å². The molecule has 3 aromatic rings. The van der Waals surface area contributed by atoms with Crippen LogP contribution in [-0.2, 0) is 10.0 Å². The Morgan fingerprint density at radius 1 is 1.00 bits per heavy atom. The Bertz CT molecular complexity index is 1090. The number of piperazine rings is 1. The minimum Gasteiger partial charge on any atom is -0.495 e. The van der Waals surface area contributed by atoms with E-state index in [1.54, 1.807) is 31.4 Å². The number of anilines is 2. The summed E-state index contributed by atoms with van der Waals surface area (Å²) in [6.45, 7) is 3.32. The molecule has 0 aliphatic carbocycles. The smallest absolute Gasteiger partial charge is 0.261 e. The van der Waals surface area contributed by atoms with Crippen molar-refractivity contribution in [3.05, 3.63) is 60.7 Å². The largest absolute Gasteiger partial charge is 0.495 e. The summed E-state index contributed by atoms with van der Waals surface area (Å²) in [5, 5.41) is 5.15. The van der Waals surface area contributed by atoms with E-state index in [4.69, 9.17) is 4.74 Å². The fraction of sp³-hybridized carbons (Fsp3) is 0.238. The Labute approximate surface area is 165 Å². The molecule has 1 aliphatic heterocycles. The van der Waals surface area contributed by atoms with Crippen LogP contribution in [-0.4, -0.2) is 41.7 Å². The summed E-state index contributed by atoms with van der Waals surface area (Å²) < 4.78 is 34.4. The maximum Gasteiger partial charge on any atom is 0.261 e. The Kier molecular flexibility index (Phi) is 5.11. The van der Waals surface area contributed by atoms with Gasteiger partial charge in [-0.05, 0) is 29.7 Å². The zero-order valence-electron chi connectivity index (χ0n) is 15.7. The minimum absolute atomic E-state index is 0.217. The minimum atomic E-state index is -3.74. The molecule has 1 fully saturated rings. The number of nitrogens with one attached hydrogen (secondary N) is 2. The van der Waals surface area contributed by atoms with E-state index in [1.807, 2.05) is 36.4 Å². The van der Waals surface area contributed by atoms with Crippen LogP contribution >= 0.6 is 0 Å². The van der Waals surface area contributed by atoms with Crippen molar-refractivity contribution < 1.29 is 13.2 Å². The highest BCUT2D eigenvalue weighted by Gasteiger charge is 2.21. The zero-order valence-corrected chi connectivity index (χ0v) is 16.5. The van der Waals surface area contributed by atoms with Crippen molar-refractivity contribution in [3.63, 3.8) is 0 Å². The van der Waals surface area contributed by atoms with Gasteiger partial charge in [-0.15, -0.1) is 0 Å². The highest BCUT2D eigenvalue weighted by molar-refractivity contribution is 7.92. The van der Waals surface area contributed by atoms with Crippen LogP contribution in [0.5, 0.6) is 5.75 Å². The first-order valence-corrected chi connectivity index (χ1v) is 10.7. The Morgan fingerprint density at radius 3 is 2.54 bits per heavy atom. The summed E-state index contributed by atoms with van der Waals surface area (Å²) in [5.74, 6) is 0.672. The number of methoxy groups -OCH3 is 1. The Hall–Kier alpha value is -2.77. The third kappa shape index (κ3) is 3.63. The van der Waals surface area contributed by atoms with E-state index in [2.05, 4.69) is 14.9 Å². The lowest BCUT2D eigenvalue weighted by Crippen LogP contribution is -2.43. The molecule has 1 heterocycles. The fourth-order valence-electron chi connectivity index (χ4n) is 3.51. The Morgan fingerprint density at radius 2 is 1.75 bits per heavy atom. The normalized spacial score (nSPS) is 14.8. The second-order valence-corrected chi connectivity index (χ2v) is 8.39. The van der Waals surface area contributed by atoms with Gasteiger partial charge in [-0.25, -0.2) is 8.42 Å². The fourth-order valence-corrected chi connectivity index (χ4v) is 4.61. The van der Waals surface area contributed by atoms with E-state index in [0.717, 1.165) is 42.6 Å². The Balaban J connectivity index is 1.71. The molecular formula is C21H23N3O3S. The van der Waals surface area contributed by atoms with Crippen LogP contribution in [0, 0.1) is 0 Å². The molecule has 28 heavy (non-hydrogen) atoms. The lowest BCUT2D eigenvalue weighted by molar-refractivity contribution is 0.412. The molecule has 0 atom stereocenters. The summed E-state index contributed by atoms with van der Waals surface area (Å²) in [6.07, 6.45) is 0. The molecule has 4 rings (SSSR count). The first kappa shape index (κ1) is 18.6. The van der Waals surface area contributed by atoms with Crippen LogP contribution in [0.3, 0.4) is 0 Å². The van der Waals surface area contributed by atoms with Gasteiger partial charge in [0.1, 0.15) is 5.75 Å². The van der Waals surface area contributed by atoms with Crippen molar-refractivity contribution in [1.82, 2.24) is 5.32 Å². The van der Waals surface area contributed by atoms with Crippen LogP contribution in [0.2, 0.25) is 0 Å². The maximum absolute atomic E-state index is 13.1. The number of sulfonamides is 1. The van der Waals surface area contributed by atoms with Crippen LogP contribution < -0.4 is 19.7 Å². The van der Waals surface area contributed by atoms with Gasteiger partial charge in [0.25, 0.3) is 10.0 Å². The lowest BCUT2D eigenvalue weighted by Gasteiger charge is -2.30. The summed E-state index contributed by atoms with van der Waals surface area (Å²) >= 11 is 0. The first-order valence-electron chi connectivity index (χ1n) is 9.23. The number of nitrogens with zero attached hydrogens (tertiary/aromatic N) is 1. The second kappa shape index (κ2) is 7.69. The van der Waals surface area contributed by atoms with E-state index < -0.39 is 10.0 Å².